The summed E-state index contributed by atoms with van der Waals surface area (Å²) in [6, 6.07) is 13.2. The number of carbonyl (C=O) groups is 1. The number of nitrogens with one attached hydrogen (secondary N) is 1. The Morgan fingerprint density at radius 2 is 1.94 bits per heavy atom. The summed E-state index contributed by atoms with van der Waals surface area (Å²) in [5.41, 5.74) is 0.874. The topological polar surface area (TPSA) is 96.6 Å². The van der Waals surface area contributed by atoms with Crippen LogP contribution >= 0.6 is 34.4 Å². The molecule has 1 N–H and O–H groups in total. The summed E-state index contributed by atoms with van der Waals surface area (Å²) in [5.74, 6) is 1.46. The SMILES string of the molecule is CCCC1=NN2C(=N)/C(=C/c3cc(I)c(OCCOc4ccccc4)c(OC)c3)C(=O)N=C2S1. The first-order valence-corrected chi connectivity index (χ1v) is 12.6. The molecule has 0 fully saturated rings. The quantitative estimate of drug-likeness (QED) is 0.246. The van der Waals surface area contributed by atoms with Crippen LogP contribution in [0.1, 0.15) is 25.3 Å². The fourth-order valence-electron chi connectivity index (χ4n) is 3.30. The molecule has 10 heteroatoms. The Morgan fingerprint density at radius 1 is 1.18 bits per heavy atom. The number of hydrogen-bond donors (Lipinski definition) is 1. The minimum absolute atomic E-state index is 0.0148. The van der Waals surface area contributed by atoms with Crippen LogP contribution in [0.15, 0.2) is 58.1 Å². The van der Waals surface area contributed by atoms with Gasteiger partial charge in [-0.15, -0.1) is 0 Å². The van der Waals surface area contributed by atoms with Gasteiger partial charge in [-0.3, -0.25) is 10.2 Å². The number of amidine groups is 2. The third kappa shape index (κ3) is 5.44. The molecule has 0 unspecified atom stereocenters. The van der Waals surface area contributed by atoms with E-state index in [0.29, 0.717) is 35.4 Å². The van der Waals surface area contributed by atoms with Crippen molar-refractivity contribution in [1.29, 1.82) is 5.41 Å². The molecule has 1 amide bonds. The van der Waals surface area contributed by atoms with Gasteiger partial charge in [0, 0.05) is 0 Å². The van der Waals surface area contributed by atoms with Gasteiger partial charge < -0.3 is 14.2 Å². The molecule has 2 aromatic carbocycles. The number of thioether (sulfide) groups is 1. The molecule has 2 aromatic rings. The number of hydrazone groups is 1. The molecule has 0 saturated carbocycles. The highest BCUT2D eigenvalue weighted by Gasteiger charge is 2.35. The van der Waals surface area contributed by atoms with Crippen LogP contribution < -0.4 is 14.2 Å². The standard InChI is InChI=1S/C24H23IN4O4S/c1-3-7-20-28-29-22(26)17(23(30)27-24(29)34-20)12-15-13-18(25)21(19(14-15)31-2)33-11-10-32-16-8-5-4-6-9-16/h4-6,8-9,12-14,26H,3,7,10-11H2,1-2H3/b17-12-,26-22?. The zero-order valence-corrected chi connectivity index (χ0v) is 21.7. The molecule has 0 radical (unpaired) electrons. The maximum absolute atomic E-state index is 12.7. The van der Waals surface area contributed by atoms with Gasteiger partial charge in [-0.25, -0.2) is 0 Å². The maximum atomic E-state index is 12.7. The average Bonchev–Trinajstić information content (AvgIpc) is 3.23. The van der Waals surface area contributed by atoms with Gasteiger partial charge in [-0.1, -0.05) is 25.1 Å². The number of benzene rings is 2. The third-order valence-corrected chi connectivity index (χ3v) is 6.63. The lowest BCUT2D eigenvalue weighted by Crippen LogP contribution is -2.35. The van der Waals surface area contributed by atoms with Crippen molar-refractivity contribution in [3.05, 3.63) is 57.2 Å². The summed E-state index contributed by atoms with van der Waals surface area (Å²) in [6.07, 6.45) is 3.35. The second-order valence-electron chi connectivity index (χ2n) is 7.31. The van der Waals surface area contributed by atoms with Gasteiger partial charge >= 0.3 is 0 Å². The number of aliphatic imine (C=N–C) groups is 1. The van der Waals surface area contributed by atoms with Crippen LogP contribution in [0.25, 0.3) is 6.08 Å². The highest BCUT2D eigenvalue weighted by molar-refractivity contribution is 14.1. The van der Waals surface area contributed by atoms with Crippen molar-refractivity contribution in [2.75, 3.05) is 20.3 Å². The van der Waals surface area contributed by atoms with Gasteiger partial charge in [0.15, 0.2) is 17.3 Å². The number of methoxy groups -OCH3 is 1. The highest BCUT2D eigenvalue weighted by Crippen LogP contribution is 2.35. The van der Waals surface area contributed by atoms with Crippen LogP contribution in [0.5, 0.6) is 17.2 Å². The minimum atomic E-state index is -0.455. The molecule has 2 aliphatic rings. The normalized spacial score (nSPS) is 16.3. The van der Waals surface area contributed by atoms with Crippen molar-refractivity contribution in [1.82, 2.24) is 5.01 Å². The zero-order valence-electron chi connectivity index (χ0n) is 18.7. The Labute approximate surface area is 215 Å². The van der Waals surface area contributed by atoms with E-state index in [9.17, 15) is 4.79 Å². The van der Waals surface area contributed by atoms with Crippen LogP contribution in [0.4, 0.5) is 0 Å². The molecule has 176 valence electrons. The van der Waals surface area contributed by atoms with Crippen LogP contribution in [0, 0.1) is 8.98 Å². The van der Waals surface area contributed by atoms with Gasteiger partial charge in [0.1, 0.15) is 24.0 Å². The van der Waals surface area contributed by atoms with Gasteiger partial charge in [-0.05, 0) is 83.1 Å². The summed E-state index contributed by atoms with van der Waals surface area (Å²) in [5, 5.41) is 15.7. The fraction of sp³-hybridized carbons (Fsp3) is 0.250. The number of halogens is 1. The van der Waals surface area contributed by atoms with Crippen LogP contribution in [-0.4, -0.2) is 47.3 Å². The van der Waals surface area contributed by atoms with E-state index in [1.54, 1.807) is 19.3 Å². The number of para-hydroxylation sites is 1. The van der Waals surface area contributed by atoms with Crippen molar-refractivity contribution in [3.8, 4) is 17.2 Å². The first kappa shape index (κ1) is 24.3. The fourth-order valence-corrected chi connectivity index (χ4v) is 5.06. The minimum Gasteiger partial charge on any atom is -0.493 e. The molecule has 0 aromatic heterocycles. The van der Waals surface area contributed by atoms with E-state index in [4.69, 9.17) is 19.6 Å². The summed E-state index contributed by atoms with van der Waals surface area (Å²) in [7, 11) is 1.56. The van der Waals surface area contributed by atoms with Gasteiger partial charge in [-0.2, -0.15) is 15.1 Å². The van der Waals surface area contributed by atoms with E-state index >= 15 is 0 Å². The monoisotopic (exact) mass is 590 g/mol. The third-order valence-electron chi connectivity index (χ3n) is 4.86. The van der Waals surface area contributed by atoms with Gasteiger partial charge in [0.2, 0.25) is 5.17 Å². The van der Waals surface area contributed by atoms with Gasteiger partial charge in [0.25, 0.3) is 5.91 Å². The molecule has 2 aliphatic heterocycles. The Bertz CT molecular complexity index is 1200. The molecular formula is C24H23IN4O4S. The van der Waals surface area contributed by atoms with Crippen molar-refractivity contribution < 1.29 is 19.0 Å². The van der Waals surface area contributed by atoms with E-state index in [1.807, 2.05) is 36.4 Å². The van der Waals surface area contributed by atoms with E-state index in [0.717, 1.165) is 27.2 Å². The van der Waals surface area contributed by atoms with Crippen molar-refractivity contribution >= 4 is 62.4 Å². The Morgan fingerprint density at radius 3 is 2.68 bits per heavy atom. The molecule has 0 spiro atoms. The number of ether oxygens (including phenoxy) is 3. The summed E-state index contributed by atoms with van der Waals surface area (Å²) in [4.78, 5) is 16.8. The summed E-state index contributed by atoms with van der Waals surface area (Å²) in [6.45, 7) is 2.78. The number of fused-ring (bicyclic) bond motifs is 1. The molecule has 34 heavy (non-hydrogen) atoms. The van der Waals surface area contributed by atoms with Gasteiger partial charge in [0.05, 0.1) is 16.3 Å². The molecule has 2 heterocycles. The molecule has 0 atom stereocenters. The molecule has 0 saturated heterocycles. The number of rotatable bonds is 9. The summed E-state index contributed by atoms with van der Waals surface area (Å²) >= 11 is 3.51. The largest absolute Gasteiger partial charge is 0.493 e. The van der Waals surface area contributed by atoms with E-state index in [-0.39, 0.29) is 11.4 Å². The van der Waals surface area contributed by atoms with E-state index in [1.165, 1.54) is 16.8 Å². The van der Waals surface area contributed by atoms with Crippen molar-refractivity contribution in [2.45, 2.75) is 19.8 Å². The van der Waals surface area contributed by atoms with Crippen molar-refractivity contribution in [3.63, 3.8) is 0 Å². The highest BCUT2D eigenvalue weighted by atomic mass is 127. The molecule has 4 rings (SSSR count). The number of nitrogens with zero attached hydrogens (tertiary/aromatic N) is 3. The van der Waals surface area contributed by atoms with Crippen LogP contribution in [-0.2, 0) is 4.79 Å². The first-order valence-electron chi connectivity index (χ1n) is 10.7. The lowest BCUT2D eigenvalue weighted by Gasteiger charge is -2.20. The first-order chi connectivity index (χ1) is 16.5. The Balaban J connectivity index is 1.50. The predicted molar refractivity (Wildman–Crippen MR) is 143 cm³/mol. The molecule has 0 bridgehead atoms. The number of hydrogen-bond acceptors (Lipinski definition) is 7. The lowest BCUT2D eigenvalue weighted by molar-refractivity contribution is -0.114. The molecule has 0 aliphatic carbocycles. The van der Waals surface area contributed by atoms with Crippen LogP contribution in [0.3, 0.4) is 0 Å². The summed E-state index contributed by atoms with van der Waals surface area (Å²) < 4.78 is 17.9. The number of carbonyl (C=O) groups excluding carboxylic acids is 1. The maximum Gasteiger partial charge on any atom is 0.283 e. The number of amides is 1. The second-order valence-corrected chi connectivity index (χ2v) is 9.51. The molecular weight excluding hydrogens is 567 g/mol. The molecule has 8 nitrogen and oxygen atoms in total. The van der Waals surface area contributed by atoms with Crippen molar-refractivity contribution in [2.24, 2.45) is 10.1 Å². The zero-order chi connectivity index (χ0) is 24.1. The van der Waals surface area contributed by atoms with Crippen LogP contribution in [0.2, 0.25) is 0 Å². The lowest BCUT2D eigenvalue weighted by atomic mass is 10.1. The van der Waals surface area contributed by atoms with E-state index in [2.05, 4.69) is 39.6 Å². The average molecular weight is 590 g/mol. The Hall–Kier alpha value is -2.86. The Kier molecular flexibility index (Phi) is 7.88. The smallest absolute Gasteiger partial charge is 0.283 e. The predicted octanol–water partition coefficient (Wildman–Crippen LogP) is 5.18. The second kappa shape index (κ2) is 11.0. The van der Waals surface area contributed by atoms with E-state index < -0.39 is 5.91 Å².